The van der Waals surface area contributed by atoms with Gasteiger partial charge < -0.3 is 4.74 Å². The Morgan fingerprint density at radius 3 is 2.65 bits per heavy atom. The molecule has 0 saturated carbocycles. The molecule has 0 bridgehead atoms. The minimum Gasteiger partial charge on any atom is -0.451 e. The van der Waals surface area contributed by atoms with E-state index in [1.807, 2.05) is 0 Å². The number of hydrogen-bond acceptors (Lipinski definition) is 7. The zero-order valence-electron chi connectivity index (χ0n) is 10.2. The van der Waals surface area contributed by atoms with E-state index < -0.39 is 18.3 Å². The number of nitrogen functional groups attached to an aromatic ring is 1. The molecule has 0 aliphatic rings. The first-order valence-corrected chi connectivity index (χ1v) is 5.34. The quantitative estimate of drug-likeness (QED) is 0.629. The van der Waals surface area contributed by atoms with E-state index in [9.17, 15) is 13.2 Å². The number of nitrogens with two attached hydrogens (primary N) is 1. The standard InChI is InChI=1S/C9H10F3N7O/c1-5(9(10,11)12)20-8-16-6(18-13)15-7(17-8)19-3-2-14-4-19/h2-5H,13H2,1H3,(H,15,16,17,18). The summed E-state index contributed by atoms with van der Waals surface area (Å²) in [5.74, 6) is 5.04. The highest BCUT2D eigenvalue weighted by Gasteiger charge is 2.38. The molecule has 0 fully saturated rings. The minimum atomic E-state index is -4.53. The molecule has 0 aliphatic heterocycles. The molecule has 2 aromatic rings. The van der Waals surface area contributed by atoms with Gasteiger partial charge in [-0.15, -0.1) is 0 Å². The van der Waals surface area contributed by atoms with Crippen molar-refractivity contribution in [1.82, 2.24) is 24.5 Å². The van der Waals surface area contributed by atoms with Gasteiger partial charge in [-0.3, -0.25) is 9.99 Å². The predicted molar refractivity (Wildman–Crippen MR) is 60.9 cm³/mol. The summed E-state index contributed by atoms with van der Waals surface area (Å²) in [7, 11) is 0. The number of alkyl halides is 3. The summed E-state index contributed by atoms with van der Waals surface area (Å²) in [4.78, 5) is 15.0. The third-order valence-electron chi connectivity index (χ3n) is 2.21. The summed E-state index contributed by atoms with van der Waals surface area (Å²) in [5.41, 5.74) is 2.12. The van der Waals surface area contributed by atoms with Crippen molar-refractivity contribution >= 4 is 5.95 Å². The molecule has 0 saturated heterocycles. The van der Waals surface area contributed by atoms with E-state index >= 15 is 0 Å². The van der Waals surface area contributed by atoms with Crippen LogP contribution in [0.15, 0.2) is 18.7 Å². The van der Waals surface area contributed by atoms with E-state index in [2.05, 4.69) is 30.1 Å². The second-order valence-electron chi connectivity index (χ2n) is 3.66. The van der Waals surface area contributed by atoms with E-state index in [1.165, 1.54) is 23.3 Å². The van der Waals surface area contributed by atoms with Crippen LogP contribution >= 0.6 is 0 Å². The molecule has 11 heteroatoms. The summed E-state index contributed by atoms with van der Waals surface area (Å²) >= 11 is 0. The Labute approximate surface area is 110 Å². The molecule has 0 aliphatic carbocycles. The lowest BCUT2D eigenvalue weighted by Gasteiger charge is -2.16. The van der Waals surface area contributed by atoms with Crippen LogP contribution in [0.2, 0.25) is 0 Å². The molecule has 20 heavy (non-hydrogen) atoms. The van der Waals surface area contributed by atoms with Crippen molar-refractivity contribution in [2.75, 3.05) is 5.43 Å². The highest BCUT2D eigenvalue weighted by molar-refractivity contribution is 5.28. The molecule has 2 aromatic heterocycles. The van der Waals surface area contributed by atoms with Gasteiger partial charge in [-0.2, -0.15) is 28.1 Å². The maximum Gasteiger partial charge on any atom is 0.425 e. The van der Waals surface area contributed by atoms with Crippen molar-refractivity contribution in [3.63, 3.8) is 0 Å². The smallest absolute Gasteiger partial charge is 0.425 e. The Bertz CT molecular complexity index is 571. The van der Waals surface area contributed by atoms with E-state index in [-0.39, 0.29) is 11.9 Å². The maximum atomic E-state index is 12.4. The Balaban J connectivity index is 2.32. The van der Waals surface area contributed by atoms with Gasteiger partial charge in [0.05, 0.1) is 0 Å². The SMILES string of the molecule is CC(Oc1nc(NN)nc(-n2ccnc2)n1)C(F)(F)F. The monoisotopic (exact) mass is 289 g/mol. The number of nitrogens with zero attached hydrogens (tertiary/aromatic N) is 5. The summed E-state index contributed by atoms with van der Waals surface area (Å²) in [6, 6.07) is -0.499. The summed E-state index contributed by atoms with van der Waals surface area (Å²) in [6.07, 6.45) is -2.26. The predicted octanol–water partition coefficient (Wildman–Crippen LogP) is 0.672. The molecular formula is C9H10F3N7O. The van der Waals surface area contributed by atoms with Crippen molar-refractivity contribution in [1.29, 1.82) is 0 Å². The van der Waals surface area contributed by atoms with Crippen LogP contribution in [0, 0.1) is 0 Å². The van der Waals surface area contributed by atoms with E-state index in [0.717, 1.165) is 6.92 Å². The molecule has 2 rings (SSSR count). The lowest BCUT2D eigenvalue weighted by atomic mass is 10.4. The largest absolute Gasteiger partial charge is 0.451 e. The van der Waals surface area contributed by atoms with Crippen molar-refractivity contribution in [2.24, 2.45) is 5.84 Å². The zero-order chi connectivity index (χ0) is 14.8. The Hall–Kier alpha value is -2.43. The molecule has 3 N–H and O–H groups in total. The van der Waals surface area contributed by atoms with Gasteiger partial charge in [-0.05, 0) is 6.92 Å². The Morgan fingerprint density at radius 2 is 2.10 bits per heavy atom. The molecule has 0 amide bonds. The minimum absolute atomic E-state index is 0.0230. The third-order valence-corrected chi connectivity index (χ3v) is 2.21. The average Bonchev–Trinajstić information content (AvgIpc) is 2.91. The van der Waals surface area contributed by atoms with Crippen LogP contribution in [0.4, 0.5) is 19.1 Å². The molecule has 108 valence electrons. The van der Waals surface area contributed by atoms with Gasteiger partial charge in [0, 0.05) is 12.4 Å². The van der Waals surface area contributed by atoms with Crippen LogP contribution in [-0.4, -0.2) is 36.8 Å². The van der Waals surface area contributed by atoms with Crippen LogP contribution in [0.1, 0.15) is 6.92 Å². The first kappa shape index (κ1) is 14.0. The van der Waals surface area contributed by atoms with E-state index in [1.54, 1.807) is 0 Å². The average molecular weight is 289 g/mol. The van der Waals surface area contributed by atoms with Crippen LogP contribution in [0.25, 0.3) is 5.95 Å². The van der Waals surface area contributed by atoms with E-state index in [4.69, 9.17) is 5.84 Å². The lowest BCUT2D eigenvalue weighted by Crippen LogP contribution is -2.32. The first-order chi connectivity index (χ1) is 9.40. The van der Waals surface area contributed by atoms with E-state index in [0.29, 0.717) is 0 Å². The Kier molecular flexibility index (Phi) is 3.70. The van der Waals surface area contributed by atoms with Crippen molar-refractivity contribution in [3.05, 3.63) is 18.7 Å². The fraction of sp³-hybridized carbons (Fsp3) is 0.333. The number of aromatic nitrogens is 5. The van der Waals surface area contributed by atoms with Gasteiger partial charge in [-0.25, -0.2) is 10.8 Å². The third kappa shape index (κ3) is 3.12. The number of hydrogen-bond donors (Lipinski definition) is 2. The maximum absolute atomic E-state index is 12.4. The van der Waals surface area contributed by atoms with Gasteiger partial charge in [0.1, 0.15) is 6.33 Å². The lowest BCUT2D eigenvalue weighted by molar-refractivity contribution is -0.190. The van der Waals surface area contributed by atoms with Gasteiger partial charge in [0.15, 0.2) is 6.10 Å². The molecular weight excluding hydrogens is 279 g/mol. The number of hydrazine groups is 1. The summed E-state index contributed by atoms with van der Waals surface area (Å²) < 4.78 is 43.3. The number of anilines is 1. The summed E-state index contributed by atoms with van der Waals surface area (Å²) in [6.45, 7) is 0.843. The molecule has 0 radical (unpaired) electrons. The number of rotatable bonds is 4. The molecule has 1 atom stereocenters. The van der Waals surface area contributed by atoms with Crippen molar-refractivity contribution in [3.8, 4) is 12.0 Å². The van der Waals surface area contributed by atoms with Crippen molar-refractivity contribution < 1.29 is 17.9 Å². The first-order valence-electron chi connectivity index (χ1n) is 5.34. The normalized spacial score (nSPS) is 13.1. The Morgan fingerprint density at radius 1 is 1.35 bits per heavy atom. The van der Waals surface area contributed by atoms with Crippen LogP contribution in [0.5, 0.6) is 6.01 Å². The van der Waals surface area contributed by atoms with Gasteiger partial charge in [0.2, 0.25) is 11.9 Å². The molecule has 2 heterocycles. The number of halogens is 3. The molecule has 0 aromatic carbocycles. The number of ether oxygens (including phenoxy) is 1. The van der Waals surface area contributed by atoms with Crippen molar-refractivity contribution in [2.45, 2.75) is 19.2 Å². The highest BCUT2D eigenvalue weighted by atomic mass is 19.4. The van der Waals surface area contributed by atoms with Gasteiger partial charge in [0.25, 0.3) is 0 Å². The summed E-state index contributed by atoms with van der Waals surface area (Å²) in [5, 5.41) is 0. The zero-order valence-corrected chi connectivity index (χ0v) is 10.2. The topological polar surface area (TPSA) is 104 Å². The number of nitrogens with one attached hydrogen (secondary N) is 1. The fourth-order valence-corrected chi connectivity index (χ4v) is 1.18. The number of imidazole rings is 1. The molecule has 8 nitrogen and oxygen atoms in total. The highest BCUT2D eigenvalue weighted by Crippen LogP contribution is 2.23. The van der Waals surface area contributed by atoms with Crippen LogP contribution < -0.4 is 16.0 Å². The fourth-order valence-electron chi connectivity index (χ4n) is 1.18. The second-order valence-corrected chi connectivity index (χ2v) is 3.66. The van der Waals surface area contributed by atoms with Gasteiger partial charge >= 0.3 is 12.2 Å². The van der Waals surface area contributed by atoms with Crippen LogP contribution in [-0.2, 0) is 0 Å². The second kappa shape index (κ2) is 5.28. The van der Waals surface area contributed by atoms with Crippen LogP contribution in [0.3, 0.4) is 0 Å². The molecule has 1 unspecified atom stereocenters. The van der Waals surface area contributed by atoms with Gasteiger partial charge in [-0.1, -0.05) is 0 Å². The molecule has 0 spiro atoms.